The Morgan fingerprint density at radius 3 is 2.59 bits per heavy atom. The fourth-order valence-corrected chi connectivity index (χ4v) is 3.38. The minimum absolute atomic E-state index is 0.124. The predicted octanol–water partition coefficient (Wildman–Crippen LogP) is 3.17. The van der Waals surface area contributed by atoms with Crippen molar-refractivity contribution in [1.29, 1.82) is 0 Å². The van der Waals surface area contributed by atoms with Crippen LogP contribution in [0.25, 0.3) is 11.0 Å². The highest BCUT2D eigenvalue weighted by molar-refractivity contribution is 6.30. The number of hydrogen-bond acceptors (Lipinski definition) is 4. The molecule has 152 valence electrons. The molecule has 0 aliphatic rings. The van der Waals surface area contributed by atoms with Crippen LogP contribution in [-0.2, 0) is 6.54 Å². The molecule has 0 fully saturated rings. The number of pyridine rings is 2. The first-order valence-electron chi connectivity index (χ1n) is 9.77. The van der Waals surface area contributed by atoms with E-state index in [2.05, 4.69) is 29.0 Å². The van der Waals surface area contributed by atoms with Crippen molar-refractivity contribution < 1.29 is 4.79 Å². The number of hydrogen-bond donors (Lipinski definition) is 1. The van der Waals surface area contributed by atoms with E-state index >= 15 is 0 Å². The van der Waals surface area contributed by atoms with Gasteiger partial charge in [0.2, 0.25) is 0 Å². The molecule has 0 spiro atoms. The van der Waals surface area contributed by atoms with E-state index in [1.165, 1.54) is 4.57 Å². The lowest BCUT2D eigenvalue weighted by molar-refractivity contribution is 0.0947. The topological polar surface area (TPSA) is 67.2 Å². The molecule has 3 aromatic rings. The summed E-state index contributed by atoms with van der Waals surface area (Å²) in [7, 11) is 0. The first-order chi connectivity index (χ1) is 14.0. The number of halogens is 1. The molecular weight excluding hydrogens is 388 g/mol. The molecule has 2 aromatic heterocycles. The number of benzene rings is 1. The number of nitrogens with one attached hydrogen (secondary N) is 1. The van der Waals surface area contributed by atoms with Crippen molar-refractivity contribution in [2.75, 3.05) is 26.2 Å². The molecular formula is C22H25ClN4O2. The number of nitrogens with zero attached hydrogens (tertiary/aromatic N) is 3. The lowest BCUT2D eigenvalue weighted by Crippen LogP contribution is -2.38. The Morgan fingerprint density at radius 2 is 1.90 bits per heavy atom. The van der Waals surface area contributed by atoms with Crippen molar-refractivity contribution in [3.8, 4) is 0 Å². The summed E-state index contributed by atoms with van der Waals surface area (Å²) in [5.41, 5.74) is 1.22. The number of carbonyl (C=O) groups excluding carboxylic acids is 1. The third-order valence-corrected chi connectivity index (χ3v) is 5.21. The zero-order valence-corrected chi connectivity index (χ0v) is 17.4. The minimum Gasteiger partial charge on any atom is -0.351 e. The van der Waals surface area contributed by atoms with Gasteiger partial charge in [-0.2, -0.15) is 0 Å². The fraction of sp³-hybridized carbons (Fsp3) is 0.318. The number of fused-ring (bicyclic) bond motifs is 1. The monoisotopic (exact) mass is 412 g/mol. The highest BCUT2D eigenvalue weighted by atomic mass is 35.5. The van der Waals surface area contributed by atoms with Crippen molar-refractivity contribution in [2.45, 2.75) is 20.4 Å². The van der Waals surface area contributed by atoms with E-state index in [0.717, 1.165) is 30.6 Å². The zero-order chi connectivity index (χ0) is 20.8. The average molecular weight is 413 g/mol. The van der Waals surface area contributed by atoms with E-state index in [1.807, 2.05) is 18.2 Å². The van der Waals surface area contributed by atoms with Gasteiger partial charge in [0.15, 0.2) is 0 Å². The maximum absolute atomic E-state index is 13.1. The molecule has 6 nitrogen and oxygen atoms in total. The summed E-state index contributed by atoms with van der Waals surface area (Å²) >= 11 is 5.96. The Labute approximate surface area is 175 Å². The number of aromatic nitrogens is 2. The standard InChI is InChI=1S/C22H25ClN4O2/c1-3-26(4-2)13-12-25-21(28)19-14-17-6-5-11-24-20(17)27(22(19)29)15-16-7-9-18(23)10-8-16/h5-11,14H,3-4,12-13,15H2,1-2H3,(H,25,28). The van der Waals surface area contributed by atoms with Gasteiger partial charge in [-0.3, -0.25) is 14.2 Å². The van der Waals surface area contributed by atoms with Crippen LogP contribution in [0.5, 0.6) is 0 Å². The van der Waals surface area contributed by atoms with Gasteiger partial charge in [0, 0.05) is 29.7 Å². The Kier molecular flexibility index (Phi) is 7.01. The molecule has 0 radical (unpaired) electrons. The van der Waals surface area contributed by atoms with E-state index < -0.39 is 0 Å². The van der Waals surface area contributed by atoms with Crippen LogP contribution >= 0.6 is 11.6 Å². The smallest absolute Gasteiger partial charge is 0.265 e. The van der Waals surface area contributed by atoms with Crippen molar-refractivity contribution in [3.63, 3.8) is 0 Å². The quantitative estimate of drug-likeness (QED) is 0.617. The first kappa shape index (κ1) is 21.0. The molecule has 1 aromatic carbocycles. The van der Waals surface area contributed by atoms with E-state index in [4.69, 9.17) is 11.6 Å². The van der Waals surface area contributed by atoms with Gasteiger partial charge in [-0.1, -0.05) is 37.6 Å². The molecule has 0 aliphatic heterocycles. The van der Waals surface area contributed by atoms with Gasteiger partial charge in [0.05, 0.1) is 6.54 Å². The summed E-state index contributed by atoms with van der Waals surface area (Å²) in [6.45, 7) is 7.54. The number of likely N-dealkylation sites (N-methyl/N-ethyl adjacent to an activating group) is 1. The van der Waals surface area contributed by atoms with Gasteiger partial charge in [0.1, 0.15) is 11.2 Å². The van der Waals surface area contributed by atoms with Crippen LogP contribution in [0.1, 0.15) is 29.8 Å². The fourth-order valence-electron chi connectivity index (χ4n) is 3.25. The first-order valence-corrected chi connectivity index (χ1v) is 10.1. The highest BCUT2D eigenvalue weighted by Crippen LogP contribution is 2.15. The second-order valence-corrected chi connectivity index (χ2v) is 7.21. The lowest BCUT2D eigenvalue weighted by atomic mass is 10.1. The van der Waals surface area contributed by atoms with E-state index in [1.54, 1.807) is 30.5 Å². The maximum atomic E-state index is 13.1. The predicted molar refractivity (Wildman–Crippen MR) is 117 cm³/mol. The van der Waals surface area contributed by atoms with Gasteiger partial charge in [-0.15, -0.1) is 0 Å². The third-order valence-electron chi connectivity index (χ3n) is 4.95. The summed E-state index contributed by atoms with van der Waals surface area (Å²) in [4.78, 5) is 32.4. The second-order valence-electron chi connectivity index (χ2n) is 6.77. The van der Waals surface area contributed by atoms with Crippen LogP contribution in [0.3, 0.4) is 0 Å². The number of amides is 1. The summed E-state index contributed by atoms with van der Waals surface area (Å²) in [6.07, 6.45) is 1.64. The van der Waals surface area contributed by atoms with Crippen molar-refractivity contribution in [1.82, 2.24) is 19.8 Å². The molecule has 0 saturated heterocycles. The van der Waals surface area contributed by atoms with E-state index in [-0.39, 0.29) is 17.0 Å². The summed E-state index contributed by atoms with van der Waals surface area (Å²) < 4.78 is 1.54. The number of rotatable bonds is 8. The Balaban J connectivity index is 1.92. The largest absolute Gasteiger partial charge is 0.351 e. The third kappa shape index (κ3) is 5.02. The van der Waals surface area contributed by atoms with Crippen LogP contribution in [-0.4, -0.2) is 46.5 Å². The van der Waals surface area contributed by atoms with Gasteiger partial charge < -0.3 is 10.2 Å². The van der Waals surface area contributed by atoms with Crippen molar-refractivity contribution in [3.05, 3.63) is 75.2 Å². The molecule has 2 heterocycles. The molecule has 3 rings (SSSR count). The van der Waals surface area contributed by atoms with Crippen LogP contribution in [0.2, 0.25) is 5.02 Å². The van der Waals surface area contributed by atoms with Gasteiger partial charge >= 0.3 is 0 Å². The van der Waals surface area contributed by atoms with Crippen LogP contribution < -0.4 is 10.9 Å². The molecule has 0 unspecified atom stereocenters. The Hall–Kier alpha value is -2.70. The van der Waals surface area contributed by atoms with Crippen molar-refractivity contribution >= 4 is 28.5 Å². The molecule has 1 amide bonds. The Morgan fingerprint density at radius 1 is 1.17 bits per heavy atom. The summed E-state index contributed by atoms with van der Waals surface area (Å²) in [5, 5.41) is 4.25. The second kappa shape index (κ2) is 9.67. The summed E-state index contributed by atoms with van der Waals surface area (Å²) in [6, 6.07) is 12.5. The maximum Gasteiger partial charge on any atom is 0.265 e. The van der Waals surface area contributed by atoms with Crippen LogP contribution in [0.15, 0.2) is 53.5 Å². The summed E-state index contributed by atoms with van der Waals surface area (Å²) in [5.74, 6) is -0.363. The molecule has 7 heteroatoms. The van der Waals surface area contributed by atoms with Crippen molar-refractivity contribution in [2.24, 2.45) is 0 Å². The lowest BCUT2D eigenvalue weighted by Gasteiger charge is -2.18. The molecule has 0 atom stereocenters. The number of carbonyl (C=O) groups is 1. The van der Waals surface area contributed by atoms with Gasteiger partial charge in [0.25, 0.3) is 11.5 Å². The molecule has 0 bridgehead atoms. The van der Waals surface area contributed by atoms with Gasteiger partial charge in [-0.25, -0.2) is 4.98 Å². The minimum atomic E-state index is -0.363. The van der Waals surface area contributed by atoms with E-state index in [9.17, 15) is 9.59 Å². The van der Waals surface area contributed by atoms with Gasteiger partial charge in [-0.05, 0) is 49.0 Å². The Bertz CT molecular complexity index is 1040. The molecule has 29 heavy (non-hydrogen) atoms. The average Bonchev–Trinajstić information content (AvgIpc) is 2.74. The zero-order valence-electron chi connectivity index (χ0n) is 16.7. The van der Waals surface area contributed by atoms with Crippen LogP contribution in [0, 0.1) is 0 Å². The molecule has 1 N–H and O–H groups in total. The van der Waals surface area contributed by atoms with Crippen LogP contribution in [0.4, 0.5) is 0 Å². The highest BCUT2D eigenvalue weighted by Gasteiger charge is 2.16. The SMILES string of the molecule is CCN(CC)CCNC(=O)c1cc2cccnc2n(Cc2ccc(Cl)cc2)c1=O. The normalized spacial score (nSPS) is 11.2. The molecule has 0 saturated carbocycles. The molecule has 0 aliphatic carbocycles. The van der Waals surface area contributed by atoms with E-state index in [0.29, 0.717) is 23.8 Å².